The average molecular weight is 364 g/mol. The predicted octanol–water partition coefficient (Wildman–Crippen LogP) is 7.14. The van der Waals surface area contributed by atoms with Crippen LogP contribution in [0, 0.1) is 20.8 Å². The summed E-state index contributed by atoms with van der Waals surface area (Å²) in [4.78, 5) is 10.4. The summed E-state index contributed by atoms with van der Waals surface area (Å²) in [6.45, 7) is 10.9. The highest BCUT2D eigenvalue weighted by Crippen LogP contribution is 2.36. The third-order valence-electron chi connectivity index (χ3n) is 5.83. The number of nitrogens with zero attached hydrogens (tertiary/aromatic N) is 2. The average Bonchev–Trinajstić information content (AvgIpc) is 2.67. The molecule has 0 atom stereocenters. The molecule has 0 aliphatic rings. The van der Waals surface area contributed by atoms with Crippen molar-refractivity contribution in [3.05, 3.63) is 70.8 Å². The van der Waals surface area contributed by atoms with Crippen LogP contribution in [0.5, 0.6) is 0 Å². The van der Waals surface area contributed by atoms with E-state index >= 15 is 0 Å². The summed E-state index contributed by atoms with van der Waals surface area (Å²) in [7, 11) is 0. The maximum Gasteiger partial charge on any atom is 0.0979 e. The molecule has 0 saturated heterocycles. The minimum Gasteiger partial charge on any atom is -0.244 e. The maximum absolute atomic E-state index is 5.23. The van der Waals surface area contributed by atoms with E-state index in [1.165, 1.54) is 43.8 Å². The van der Waals surface area contributed by atoms with Crippen LogP contribution in [0.3, 0.4) is 0 Å². The molecular weight excluding hydrogens is 340 g/mol. The molecule has 0 amide bonds. The van der Waals surface area contributed by atoms with Crippen molar-refractivity contribution in [3.8, 4) is 0 Å². The summed E-state index contributed by atoms with van der Waals surface area (Å²) in [5.74, 6) is 0.409. The van der Waals surface area contributed by atoms with E-state index in [1.807, 2.05) is 0 Å². The first-order valence-corrected chi connectivity index (χ1v) is 9.97. The number of rotatable bonds is 1. The molecule has 2 heteroatoms. The standard InChI is InChI=1S/C26H24N2/c1-14(2)18-11-8-17(5)23-24(18)28-26-20-10-7-16(4)13-22(20)21-12-15(3)6-9-19(21)25(26)27-23/h6-14H,1-5H3. The molecule has 2 nitrogen and oxygen atoms in total. The van der Waals surface area contributed by atoms with Crippen molar-refractivity contribution < 1.29 is 0 Å². The fourth-order valence-electron chi connectivity index (χ4n) is 4.30. The second-order valence-corrected chi connectivity index (χ2v) is 8.34. The Morgan fingerprint density at radius 1 is 0.571 bits per heavy atom. The first-order valence-electron chi connectivity index (χ1n) is 9.97. The third kappa shape index (κ3) is 2.41. The molecule has 1 aromatic heterocycles. The van der Waals surface area contributed by atoms with Gasteiger partial charge in [-0.2, -0.15) is 0 Å². The molecule has 0 fully saturated rings. The van der Waals surface area contributed by atoms with Gasteiger partial charge in [0.25, 0.3) is 0 Å². The molecule has 0 unspecified atom stereocenters. The monoisotopic (exact) mass is 364 g/mol. The Labute approximate surface area is 165 Å². The third-order valence-corrected chi connectivity index (χ3v) is 5.83. The summed E-state index contributed by atoms with van der Waals surface area (Å²) >= 11 is 0. The van der Waals surface area contributed by atoms with Crippen LogP contribution in [0.15, 0.2) is 48.5 Å². The molecule has 0 radical (unpaired) electrons. The van der Waals surface area contributed by atoms with E-state index in [4.69, 9.17) is 9.97 Å². The summed E-state index contributed by atoms with van der Waals surface area (Å²) < 4.78 is 0. The topological polar surface area (TPSA) is 25.8 Å². The zero-order valence-corrected chi connectivity index (χ0v) is 17.1. The molecule has 5 aromatic rings. The number of aromatic nitrogens is 2. The molecular formula is C26H24N2. The van der Waals surface area contributed by atoms with E-state index in [0.717, 1.165) is 22.1 Å². The van der Waals surface area contributed by atoms with Crippen LogP contribution in [0.2, 0.25) is 0 Å². The van der Waals surface area contributed by atoms with Gasteiger partial charge in [-0.25, -0.2) is 9.97 Å². The lowest BCUT2D eigenvalue weighted by molar-refractivity contribution is 0.872. The number of hydrogen-bond acceptors (Lipinski definition) is 2. The van der Waals surface area contributed by atoms with Crippen molar-refractivity contribution in [1.29, 1.82) is 0 Å². The van der Waals surface area contributed by atoms with Gasteiger partial charge in [0.15, 0.2) is 0 Å². The fourth-order valence-corrected chi connectivity index (χ4v) is 4.30. The zero-order chi connectivity index (χ0) is 19.6. The molecule has 0 aliphatic carbocycles. The van der Waals surface area contributed by atoms with Gasteiger partial charge in [-0.05, 0) is 48.6 Å². The molecule has 0 aliphatic heterocycles. The van der Waals surface area contributed by atoms with Crippen molar-refractivity contribution in [2.45, 2.75) is 40.5 Å². The minimum absolute atomic E-state index is 0.409. The SMILES string of the molecule is Cc1ccc2c(c1)c1cc(C)ccc1c1nc3c(C(C)C)ccc(C)c3nc21. The van der Waals surface area contributed by atoms with Gasteiger partial charge in [0.05, 0.1) is 22.1 Å². The van der Waals surface area contributed by atoms with Gasteiger partial charge in [0.2, 0.25) is 0 Å². The second-order valence-electron chi connectivity index (χ2n) is 8.34. The van der Waals surface area contributed by atoms with E-state index in [9.17, 15) is 0 Å². The number of aryl methyl sites for hydroxylation is 3. The lowest BCUT2D eigenvalue weighted by Gasteiger charge is -2.15. The number of hydrogen-bond donors (Lipinski definition) is 0. The van der Waals surface area contributed by atoms with Gasteiger partial charge >= 0.3 is 0 Å². The highest BCUT2D eigenvalue weighted by Gasteiger charge is 2.16. The Kier molecular flexibility index (Phi) is 3.67. The van der Waals surface area contributed by atoms with Crippen LogP contribution in [0.4, 0.5) is 0 Å². The molecule has 28 heavy (non-hydrogen) atoms. The van der Waals surface area contributed by atoms with Gasteiger partial charge in [0.1, 0.15) is 0 Å². The first-order chi connectivity index (χ1) is 13.4. The normalized spacial score (nSPS) is 12.1. The summed E-state index contributed by atoms with van der Waals surface area (Å²) in [6.07, 6.45) is 0. The smallest absolute Gasteiger partial charge is 0.0979 e. The summed E-state index contributed by atoms with van der Waals surface area (Å²) in [5, 5.41) is 4.89. The minimum atomic E-state index is 0.409. The van der Waals surface area contributed by atoms with Crippen LogP contribution in [0.25, 0.3) is 43.6 Å². The zero-order valence-electron chi connectivity index (χ0n) is 17.1. The van der Waals surface area contributed by atoms with E-state index in [2.05, 4.69) is 83.1 Å². The van der Waals surface area contributed by atoms with Crippen LogP contribution in [0.1, 0.15) is 42.0 Å². The molecule has 138 valence electrons. The van der Waals surface area contributed by atoms with Crippen LogP contribution < -0.4 is 0 Å². The number of fused-ring (bicyclic) bond motifs is 7. The van der Waals surface area contributed by atoms with E-state index in [-0.39, 0.29) is 0 Å². The van der Waals surface area contributed by atoms with E-state index in [0.29, 0.717) is 5.92 Å². The van der Waals surface area contributed by atoms with Crippen molar-refractivity contribution in [3.63, 3.8) is 0 Å². The highest BCUT2D eigenvalue weighted by molar-refractivity contribution is 6.24. The molecule has 4 aromatic carbocycles. The van der Waals surface area contributed by atoms with Gasteiger partial charge < -0.3 is 0 Å². The Bertz CT molecular complexity index is 1410. The van der Waals surface area contributed by atoms with Crippen molar-refractivity contribution in [1.82, 2.24) is 9.97 Å². The van der Waals surface area contributed by atoms with Crippen LogP contribution in [-0.4, -0.2) is 9.97 Å². The first kappa shape index (κ1) is 17.1. The van der Waals surface area contributed by atoms with E-state index in [1.54, 1.807) is 0 Å². The van der Waals surface area contributed by atoms with Gasteiger partial charge in [-0.3, -0.25) is 0 Å². The van der Waals surface area contributed by atoms with Gasteiger partial charge in [-0.15, -0.1) is 0 Å². The molecule has 0 spiro atoms. The molecule has 0 N–H and O–H groups in total. The summed E-state index contributed by atoms with van der Waals surface area (Å²) in [5.41, 5.74) is 9.04. The maximum atomic E-state index is 5.23. The van der Waals surface area contributed by atoms with Crippen molar-refractivity contribution in [2.75, 3.05) is 0 Å². The van der Waals surface area contributed by atoms with Crippen LogP contribution >= 0.6 is 0 Å². The van der Waals surface area contributed by atoms with Crippen molar-refractivity contribution in [2.24, 2.45) is 0 Å². The van der Waals surface area contributed by atoms with Gasteiger partial charge in [-0.1, -0.05) is 73.5 Å². The fraction of sp³-hybridized carbons (Fsp3) is 0.231. The Balaban J connectivity index is 2.10. The molecule has 0 saturated carbocycles. The number of benzene rings is 4. The molecule has 5 rings (SSSR count). The Morgan fingerprint density at radius 2 is 1.11 bits per heavy atom. The molecule has 0 bridgehead atoms. The van der Waals surface area contributed by atoms with Crippen LogP contribution in [-0.2, 0) is 0 Å². The van der Waals surface area contributed by atoms with Gasteiger partial charge in [0, 0.05) is 10.8 Å². The van der Waals surface area contributed by atoms with E-state index < -0.39 is 0 Å². The highest BCUT2D eigenvalue weighted by atomic mass is 14.8. The predicted molar refractivity (Wildman–Crippen MR) is 120 cm³/mol. The summed E-state index contributed by atoms with van der Waals surface area (Å²) in [6, 6.07) is 17.7. The second kappa shape index (κ2) is 6.00. The Hall–Kier alpha value is -3.00. The lowest BCUT2D eigenvalue weighted by Crippen LogP contribution is -1.98. The Morgan fingerprint density at radius 3 is 1.64 bits per heavy atom. The molecule has 1 heterocycles. The van der Waals surface area contributed by atoms with Crippen molar-refractivity contribution >= 4 is 43.6 Å². The lowest BCUT2D eigenvalue weighted by atomic mass is 9.95. The quantitative estimate of drug-likeness (QED) is 0.233. The largest absolute Gasteiger partial charge is 0.244 e.